The SMILES string of the molecule is COC1CN(C2CCCC2Oc2ccc3c(c2)CN(C2CCC(=O)NC2=O)C3=O)C1. The summed E-state index contributed by atoms with van der Waals surface area (Å²) in [5.74, 6) is -0.0498. The van der Waals surface area contributed by atoms with Gasteiger partial charge < -0.3 is 14.4 Å². The standard InChI is InChI=1S/C22H27N3O5/c1-29-15-11-24(12-15)17-3-2-4-19(17)30-14-5-6-16-13(9-14)10-25(22(16)28)18-7-8-20(26)23-21(18)27/h5-6,9,15,17-19H,2-4,7-8,10-12H2,1H3,(H,23,26,27). The number of carbonyl (C=O) groups excluding carboxylic acids is 3. The van der Waals surface area contributed by atoms with Crippen LogP contribution in [0.15, 0.2) is 18.2 Å². The zero-order valence-corrected chi connectivity index (χ0v) is 17.1. The summed E-state index contributed by atoms with van der Waals surface area (Å²) < 4.78 is 11.8. The number of nitrogens with zero attached hydrogens (tertiary/aromatic N) is 2. The van der Waals surface area contributed by atoms with Gasteiger partial charge in [0.05, 0.1) is 6.10 Å². The second-order valence-electron chi connectivity index (χ2n) is 8.69. The van der Waals surface area contributed by atoms with Crippen molar-refractivity contribution in [2.45, 2.75) is 62.9 Å². The first-order chi connectivity index (χ1) is 14.5. The molecule has 3 aliphatic heterocycles. The topological polar surface area (TPSA) is 88.2 Å². The van der Waals surface area contributed by atoms with E-state index in [0.29, 0.717) is 30.7 Å². The number of piperidine rings is 1. The number of benzene rings is 1. The summed E-state index contributed by atoms with van der Waals surface area (Å²) in [6, 6.07) is 5.40. The average Bonchev–Trinajstić information content (AvgIpc) is 3.26. The van der Waals surface area contributed by atoms with E-state index in [1.165, 1.54) is 0 Å². The fourth-order valence-corrected chi connectivity index (χ4v) is 5.15. The van der Waals surface area contributed by atoms with E-state index in [0.717, 1.165) is 43.7 Å². The van der Waals surface area contributed by atoms with Crippen molar-refractivity contribution < 1.29 is 23.9 Å². The van der Waals surface area contributed by atoms with Crippen molar-refractivity contribution in [2.24, 2.45) is 0 Å². The first-order valence-electron chi connectivity index (χ1n) is 10.7. The minimum Gasteiger partial charge on any atom is -0.489 e. The summed E-state index contributed by atoms with van der Waals surface area (Å²) in [5, 5.41) is 2.34. The third-order valence-corrected chi connectivity index (χ3v) is 6.88. The van der Waals surface area contributed by atoms with E-state index in [2.05, 4.69) is 10.2 Å². The Hall–Kier alpha value is -2.45. The quantitative estimate of drug-likeness (QED) is 0.727. The summed E-state index contributed by atoms with van der Waals surface area (Å²) in [5.41, 5.74) is 1.49. The van der Waals surface area contributed by atoms with Crippen LogP contribution in [0.4, 0.5) is 0 Å². The summed E-state index contributed by atoms with van der Waals surface area (Å²) in [6.45, 7) is 2.29. The number of fused-ring (bicyclic) bond motifs is 1. The molecule has 160 valence electrons. The van der Waals surface area contributed by atoms with Crippen LogP contribution in [0.3, 0.4) is 0 Å². The molecule has 1 aromatic carbocycles. The number of hydrogen-bond donors (Lipinski definition) is 1. The molecule has 0 bridgehead atoms. The van der Waals surface area contributed by atoms with Gasteiger partial charge in [-0.1, -0.05) is 0 Å². The second-order valence-corrected chi connectivity index (χ2v) is 8.69. The van der Waals surface area contributed by atoms with Gasteiger partial charge in [-0.15, -0.1) is 0 Å². The summed E-state index contributed by atoms with van der Waals surface area (Å²) in [4.78, 5) is 40.5. The average molecular weight is 413 g/mol. The molecule has 0 spiro atoms. The van der Waals surface area contributed by atoms with Gasteiger partial charge in [0, 0.05) is 44.8 Å². The van der Waals surface area contributed by atoms with E-state index < -0.39 is 6.04 Å². The smallest absolute Gasteiger partial charge is 0.255 e. The lowest BCUT2D eigenvalue weighted by atomic mass is 10.0. The first-order valence-corrected chi connectivity index (χ1v) is 10.7. The third-order valence-electron chi connectivity index (χ3n) is 6.88. The van der Waals surface area contributed by atoms with Crippen LogP contribution >= 0.6 is 0 Å². The largest absolute Gasteiger partial charge is 0.489 e. The molecule has 4 aliphatic rings. The van der Waals surface area contributed by atoms with Crippen LogP contribution in [-0.2, 0) is 20.9 Å². The van der Waals surface area contributed by atoms with Gasteiger partial charge in [-0.2, -0.15) is 0 Å². The Morgan fingerprint density at radius 2 is 1.93 bits per heavy atom. The van der Waals surface area contributed by atoms with Gasteiger partial charge in [0.25, 0.3) is 5.91 Å². The van der Waals surface area contributed by atoms with Gasteiger partial charge in [-0.25, -0.2) is 0 Å². The number of hydrogen-bond acceptors (Lipinski definition) is 6. The van der Waals surface area contributed by atoms with Gasteiger partial charge >= 0.3 is 0 Å². The van der Waals surface area contributed by atoms with E-state index in [4.69, 9.17) is 9.47 Å². The normalized spacial score (nSPS) is 29.7. The molecular weight excluding hydrogens is 386 g/mol. The summed E-state index contributed by atoms with van der Waals surface area (Å²) in [7, 11) is 1.76. The van der Waals surface area contributed by atoms with E-state index in [9.17, 15) is 14.4 Å². The fraction of sp³-hybridized carbons (Fsp3) is 0.591. The van der Waals surface area contributed by atoms with Crippen molar-refractivity contribution in [1.82, 2.24) is 15.1 Å². The Kier molecular flexibility index (Phi) is 4.99. The predicted molar refractivity (Wildman–Crippen MR) is 107 cm³/mol. The van der Waals surface area contributed by atoms with Gasteiger partial charge in [-0.05, 0) is 49.4 Å². The number of carbonyl (C=O) groups is 3. The molecule has 3 atom stereocenters. The van der Waals surface area contributed by atoms with Gasteiger partial charge in [-0.3, -0.25) is 24.6 Å². The minimum atomic E-state index is -0.591. The number of ether oxygens (including phenoxy) is 2. The predicted octanol–water partition coefficient (Wildman–Crippen LogP) is 1.08. The van der Waals surface area contributed by atoms with Gasteiger partial charge in [0.15, 0.2) is 0 Å². The number of nitrogens with one attached hydrogen (secondary N) is 1. The molecule has 1 aromatic rings. The monoisotopic (exact) mass is 413 g/mol. The second kappa shape index (κ2) is 7.67. The molecule has 5 rings (SSSR count). The molecule has 3 amide bonds. The molecule has 1 saturated carbocycles. The third kappa shape index (κ3) is 3.37. The Morgan fingerprint density at radius 3 is 2.70 bits per heavy atom. The number of likely N-dealkylation sites (tertiary alicyclic amines) is 1. The number of imide groups is 1. The maximum Gasteiger partial charge on any atom is 0.255 e. The molecular formula is C22H27N3O5. The molecule has 8 heteroatoms. The van der Waals surface area contributed by atoms with Crippen LogP contribution < -0.4 is 10.1 Å². The first kappa shape index (κ1) is 19.5. The van der Waals surface area contributed by atoms with Crippen LogP contribution in [0, 0.1) is 0 Å². The van der Waals surface area contributed by atoms with Crippen molar-refractivity contribution in [2.75, 3.05) is 20.2 Å². The molecule has 3 unspecified atom stereocenters. The van der Waals surface area contributed by atoms with Crippen LogP contribution in [0.1, 0.15) is 48.0 Å². The number of rotatable bonds is 5. The Labute approximate surface area is 175 Å². The van der Waals surface area contributed by atoms with Crippen LogP contribution in [0.25, 0.3) is 0 Å². The van der Waals surface area contributed by atoms with Gasteiger partial charge in [0.1, 0.15) is 17.9 Å². The van der Waals surface area contributed by atoms with E-state index >= 15 is 0 Å². The van der Waals surface area contributed by atoms with Crippen molar-refractivity contribution in [1.29, 1.82) is 0 Å². The van der Waals surface area contributed by atoms with Crippen molar-refractivity contribution in [3.63, 3.8) is 0 Å². The van der Waals surface area contributed by atoms with Crippen LogP contribution in [0.2, 0.25) is 0 Å². The lowest BCUT2D eigenvalue weighted by Gasteiger charge is -2.44. The number of methoxy groups -OCH3 is 1. The minimum absolute atomic E-state index is 0.143. The molecule has 3 fully saturated rings. The lowest BCUT2D eigenvalue weighted by Crippen LogP contribution is -2.58. The highest BCUT2D eigenvalue weighted by atomic mass is 16.5. The fourth-order valence-electron chi connectivity index (χ4n) is 5.15. The zero-order chi connectivity index (χ0) is 20.8. The molecule has 0 radical (unpaired) electrons. The van der Waals surface area contributed by atoms with E-state index in [1.807, 2.05) is 12.1 Å². The molecule has 2 saturated heterocycles. The maximum absolute atomic E-state index is 12.8. The number of amides is 3. The Morgan fingerprint density at radius 1 is 1.10 bits per heavy atom. The van der Waals surface area contributed by atoms with Crippen molar-refractivity contribution in [3.8, 4) is 5.75 Å². The maximum atomic E-state index is 12.8. The highest BCUT2D eigenvalue weighted by molar-refractivity contribution is 6.05. The summed E-state index contributed by atoms with van der Waals surface area (Å²) in [6.07, 6.45) is 4.41. The van der Waals surface area contributed by atoms with Crippen molar-refractivity contribution in [3.05, 3.63) is 29.3 Å². The molecule has 1 aliphatic carbocycles. The molecule has 1 N–H and O–H groups in total. The Bertz CT molecular complexity index is 882. The molecule has 8 nitrogen and oxygen atoms in total. The van der Waals surface area contributed by atoms with Crippen LogP contribution in [-0.4, -0.2) is 72.0 Å². The molecule has 30 heavy (non-hydrogen) atoms. The van der Waals surface area contributed by atoms with E-state index in [-0.39, 0.29) is 30.2 Å². The highest BCUT2D eigenvalue weighted by Crippen LogP contribution is 2.34. The lowest BCUT2D eigenvalue weighted by molar-refractivity contribution is -0.136. The van der Waals surface area contributed by atoms with Crippen molar-refractivity contribution >= 4 is 17.7 Å². The van der Waals surface area contributed by atoms with Gasteiger partial charge in [0.2, 0.25) is 11.8 Å². The van der Waals surface area contributed by atoms with E-state index in [1.54, 1.807) is 18.1 Å². The molecule has 0 aromatic heterocycles. The molecule has 3 heterocycles. The zero-order valence-electron chi connectivity index (χ0n) is 17.1. The Balaban J connectivity index is 1.26. The summed E-state index contributed by atoms with van der Waals surface area (Å²) >= 11 is 0. The highest BCUT2D eigenvalue weighted by Gasteiger charge is 2.41. The van der Waals surface area contributed by atoms with Crippen LogP contribution in [0.5, 0.6) is 5.75 Å².